The van der Waals surface area contributed by atoms with Gasteiger partial charge in [0.05, 0.1) is 5.76 Å². The van der Waals surface area contributed by atoms with Crippen LogP contribution in [0.3, 0.4) is 0 Å². The quantitative estimate of drug-likeness (QED) is 0.452. The number of ether oxygens (including phenoxy) is 1. The number of allylic oxidation sites excluding steroid dienone is 4. The molecule has 9 heteroatoms. The van der Waals surface area contributed by atoms with E-state index in [1.54, 1.807) is 0 Å². The van der Waals surface area contributed by atoms with Crippen molar-refractivity contribution in [2.45, 2.75) is 26.2 Å². The third-order valence-corrected chi connectivity index (χ3v) is 1.50. The van der Waals surface area contributed by atoms with Crippen LogP contribution in [0.2, 0.25) is 0 Å². The van der Waals surface area contributed by atoms with Gasteiger partial charge in [-0.25, -0.2) is 0 Å². The summed E-state index contributed by atoms with van der Waals surface area (Å²) in [6, 6.07) is 0. The first kappa shape index (κ1) is 19.4. The molecule has 0 aromatic carbocycles. The van der Waals surface area contributed by atoms with Crippen molar-refractivity contribution >= 4 is 5.78 Å². The Morgan fingerprint density at radius 1 is 1.06 bits per heavy atom. The van der Waals surface area contributed by atoms with Gasteiger partial charge < -0.3 is 4.74 Å². The van der Waals surface area contributed by atoms with Gasteiger partial charge in [0.15, 0.2) is 0 Å². The molecule has 0 rings (SSSR count). The van der Waals surface area contributed by atoms with E-state index < -0.39 is 30.0 Å². The molecule has 0 saturated carbocycles. The maximum atomic E-state index is 12.2. The van der Waals surface area contributed by atoms with Crippen molar-refractivity contribution in [2.24, 2.45) is 0 Å². The minimum absolute atomic E-state index is 0. The van der Waals surface area contributed by atoms with Crippen LogP contribution in [-0.4, -0.2) is 18.1 Å². The van der Waals surface area contributed by atoms with Crippen LogP contribution in [0.4, 0.5) is 26.3 Å². The second kappa shape index (κ2) is 6.83. The van der Waals surface area contributed by atoms with Crippen molar-refractivity contribution in [1.82, 2.24) is 0 Å². The number of rotatable bonds is 3. The maximum Gasteiger partial charge on any atom is 0.454 e. The van der Waals surface area contributed by atoms with Crippen LogP contribution in [0.25, 0.3) is 0 Å². The summed E-state index contributed by atoms with van der Waals surface area (Å²) in [4.78, 5) is 10.4. The van der Waals surface area contributed by atoms with Crippen LogP contribution in [0.5, 0.6) is 0 Å². The number of carbonyl (C=O) groups excluding carboxylic acids is 1. The van der Waals surface area contributed by atoms with Gasteiger partial charge in [0.1, 0.15) is 0 Å². The summed E-state index contributed by atoms with van der Waals surface area (Å²) in [7, 11) is 0. The molecule has 0 spiro atoms. The number of ketones is 1. The van der Waals surface area contributed by atoms with E-state index in [2.05, 4.69) is 4.74 Å². The van der Waals surface area contributed by atoms with Gasteiger partial charge in [-0.15, -0.1) is 0 Å². The minimum Gasteiger partial charge on any atom is -0.457 e. The Morgan fingerprint density at radius 3 is 1.78 bits per heavy atom. The normalized spacial score (nSPS) is 14.0. The van der Waals surface area contributed by atoms with Crippen LogP contribution in [0.15, 0.2) is 23.7 Å². The van der Waals surface area contributed by atoms with E-state index >= 15 is 0 Å². The topological polar surface area (TPSA) is 26.3 Å². The zero-order valence-electron chi connectivity index (χ0n) is 9.07. The molecule has 0 heterocycles. The van der Waals surface area contributed by atoms with Gasteiger partial charge in [-0.05, 0) is 19.9 Å². The average Bonchev–Trinajstić information content (AvgIpc) is 2.13. The molecule has 0 N–H and O–H groups in total. The van der Waals surface area contributed by atoms with Crippen molar-refractivity contribution in [3.05, 3.63) is 23.7 Å². The van der Waals surface area contributed by atoms with Crippen LogP contribution >= 0.6 is 0 Å². The monoisotopic (exact) mass is 321 g/mol. The summed E-state index contributed by atoms with van der Waals surface area (Å²) >= 11 is 0. The van der Waals surface area contributed by atoms with E-state index in [9.17, 15) is 31.1 Å². The van der Waals surface area contributed by atoms with Crippen molar-refractivity contribution in [3.63, 3.8) is 0 Å². The van der Waals surface area contributed by atoms with Crippen molar-refractivity contribution in [2.75, 3.05) is 0 Å². The summed E-state index contributed by atoms with van der Waals surface area (Å²) in [6.45, 7) is 2.44. The minimum atomic E-state index is -5.37. The van der Waals surface area contributed by atoms with E-state index in [0.29, 0.717) is 0 Å². The van der Waals surface area contributed by atoms with E-state index in [1.807, 2.05) is 0 Å². The van der Waals surface area contributed by atoms with Crippen molar-refractivity contribution in [1.29, 1.82) is 0 Å². The first-order valence-electron chi connectivity index (χ1n) is 4.19. The second-order valence-electron chi connectivity index (χ2n) is 2.87. The predicted molar refractivity (Wildman–Crippen MR) is 45.7 cm³/mol. The zero-order valence-corrected chi connectivity index (χ0v) is 10.1. The molecule has 0 aliphatic carbocycles. The molecule has 0 unspecified atom stereocenters. The van der Waals surface area contributed by atoms with E-state index in [0.717, 1.165) is 13.0 Å². The van der Waals surface area contributed by atoms with E-state index in [1.165, 1.54) is 6.92 Å². The molecule has 0 aromatic rings. The number of carbonyl (C=O) groups is 1. The number of hydrogen-bond acceptors (Lipinski definition) is 2. The molecule has 0 aliphatic rings. The molecule has 0 fully saturated rings. The molecular formula is C9H8CoF6O2. The van der Waals surface area contributed by atoms with Gasteiger partial charge in [-0.1, -0.05) is 0 Å². The molecule has 0 atom stereocenters. The summed E-state index contributed by atoms with van der Waals surface area (Å²) in [6.07, 6.45) is -10.1. The predicted octanol–water partition coefficient (Wildman–Crippen LogP) is 3.50. The fraction of sp³-hybridized carbons (Fsp3) is 0.444. The van der Waals surface area contributed by atoms with Gasteiger partial charge in [0.2, 0.25) is 5.76 Å². The van der Waals surface area contributed by atoms with E-state index in [4.69, 9.17) is 0 Å². The number of alkyl halides is 6. The molecule has 0 aliphatic heterocycles. The van der Waals surface area contributed by atoms with Crippen LogP contribution in [0.1, 0.15) is 13.8 Å². The van der Waals surface area contributed by atoms with Gasteiger partial charge in [-0.3, -0.25) is 4.79 Å². The van der Waals surface area contributed by atoms with Crippen molar-refractivity contribution < 1.29 is 52.7 Å². The Balaban J connectivity index is 0. The van der Waals surface area contributed by atoms with Gasteiger partial charge in [0, 0.05) is 22.9 Å². The first-order chi connectivity index (χ1) is 7.48. The first-order valence-corrected chi connectivity index (χ1v) is 4.19. The van der Waals surface area contributed by atoms with Crippen molar-refractivity contribution in [3.8, 4) is 0 Å². The Bertz CT molecular complexity index is 353. The maximum absolute atomic E-state index is 12.2. The molecule has 2 nitrogen and oxygen atoms in total. The average molecular weight is 321 g/mol. The van der Waals surface area contributed by atoms with Gasteiger partial charge in [-0.2, -0.15) is 26.3 Å². The second-order valence-corrected chi connectivity index (χ2v) is 2.87. The molecule has 18 heavy (non-hydrogen) atoms. The summed E-state index contributed by atoms with van der Waals surface area (Å²) in [5.41, 5.74) is 0. The molecule has 0 amide bonds. The molecule has 0 bridgehead atoms. The number of halogens is 6. The van der Waals surface area contributed by atoms with Crippen LogP contribution < -0.4 is 0 Å². The Morgan fingerprint density at radius 2 is 1.50 bits per heavy atom. The molecular weight excluding hydrogens is 313 g/mol. The third kappa shape index (κ3) is 6.69. The molecule has 107 valence electrons. The van der Waals surface area contributed by atoms with Gasteiger partial charge in [0.25, 0.3) is 5.78 Å². The fourth-order valence-corrected chi connectivity index (χ4v) is 0.602. The molecule has 0 saturated heterocycles. The fourth-order valence-electron chi connectivity index (χ4n) is 0.602. The number of hydrogen-bond donors (Lipinski definition) is 0. The largest absolute Gasteiger partial charge is 0.457 e. The Labute approximate surface area is 109 Å². The molecule has 1 radical (unpaired) electrons. The third-order valence-electron chi connectivity index (χ3n) is 1.50. The Hall–Kier alpha value is -0.964. The summed E-state index contributed by atoms with van der Waals surface area (Å²) < 4.78 is 76.1. The summed E-state index contributed by atoms with van der Waals surface area (Å²) in [5, 5.41) is 0. The Kier molecular flexibility index (Phi) is 7.36. The van der Waals surface area contributed by atoms with E-state index in [-0.39, 0.29) is 22.5 Å². The summed E-state index contributed by atoms with van der Waals surface area (Å²) in [5.74, 6) is -4.91. The standard InChI is InChI=1S/C9H8F6O2.Co/c1-3-5(2)17-7(9(13,14)15)4-6(16)8(10,11)12;/h3-4H,1-2H3;/b5-3-,7-4-;. The van der Waals surface area contributed by atoms with Crippen LogP contribution in [-0.2, 0) is 26.3 Å². The van der Waals surface area contributed by atoms with Gasteiger partial charge >= 0.3 is 12.4 Å². The SMILES string of the molecule is C/C=C(/C)O/C(=C\C(=O)C(F)(F)F)C(F)(F)F.[Co]. The zero-order chi connectivity index (χ0) is 13.9. The van der Waals surface area contributed by atoms with Crippen LogP contribution in [0, 0.1) is 0 Å². The molecule has 0 aromatic heterocycles. The smallest absolute Gasteiger partial charge is 0.454 e.